The first-order chi connectivity index (χ1) is 13.5. The molecule has 1 aromatic heterocycles. The fraction of sp³-hybridized carbons (Fsp3) is 0. The van der Waals surface area contributed by atoms with Gasteiger partial charge in [0.2, 0.25) is 0 Å². The van der Waals surface area contributed by atoms with Crippen molar-refractivity contribution >= 4 is 57.8 Å². The average molecular weight is 431 g/mol. The molecule has 140 valence electrons. The average Bonchev–Trinajstić information content (AvgIpc) is 3.24. The molecule has 1 saturated heterocycles. The summed E-state index contributed by atoms with van der Waals surface area (Å²) in [6.07, 6.45) is 1.63. The lowest BCUT2D eigenvalue weighted by Crippen LogP contribution is -2.19. The molecular weight excluding hydrogens is 419 g/mol. The predicted molar refractivity (Wildman–Crippen MR) is 113 cm³/mol. The number of amides is 1. The van der Waals surface area contributed by atoms with Crippen LogP contribution < -0.4 is 5.32 Å². The van der Waals surface area contributed by atoms with Gasteiger partial charge in [-0.15, -0.1) is 0 Å². The number of hydrogen-bond acceptors (Lipinski definition) is 5. The molecule has 5 nitrogen and oxygen atoms in total. The van der Waals surface area contributed by atoms with E-state index in [0.717, 1.165) is 0 Å². The normalized spacial score (nSPS) is 16.7. The smallest absolute Gasteiger partial charge is 0.264 e. The summed E-state index contributed by atoms with van der Waals surface area (Å²) in [5, 5.41) is 13.4. The van der Waals surface area contributed by atoms with Crippen LogP contribution in [0.5, 0.6) is 5.75 Å². The van der Waals surface area contributed by atoms with Crippen molar-refractivity contribution in [3.8, 4) is 17.1 Å². The molecule has 4 rings (SSSR count). The number of halogens is 2. The lowest BCUT2D eigenvalue weighted by Gasteiger charge is -2.02. The second-order valence-corrected chi connectivity index (χ2v) is 7.64. The van der Waals surface area contributed by atoms with Crippen LogP contribution in [0.2, 0.25) is 10.0 Å². The second kappa shape index (κ2) is 7.75. The molecule has 0 bridgehead atoms. The van der Waals surface area contributed by atoms with E-state index >= 15 is 0 Å². The maximum absolute atomic E-state index is 12.2. The highest BCUT2D eigenvalue weighted by Gasteiger charge is 2.24. The number of aromatic hydroxyl groups is 1. The van der Waals surface area contributed by atoms with Gasteiger partial charge in [-0.05, 0) is 60.3 Å². The third-order valence-electron chi connectivity index (χ3n) is 3.84. The van der Waals surface area contributed by atoms with Crippen LogP contribution in [0.1, 0.15) is 5.76 Å². The largest absolute Gasteiger partial charge is 0.508 e. The van der Waals surface area contributed by atoms with E-state index in [1.54, 1.807) is 48.5 Å². The van der Waals surface area contributed by atoms with Crippen LogP contribution >= 0.6 is 35.0 Å². The van der Waals surface area contributed by atoms with Gasteiger partial charge in [0.1, 0.15) is 17.3 Å². The minimum absolute atomic E-state index is 0.153. The maximum Gasteiger partial charge on any atom is 0.264 e. The molecule has 1 fully saturated rings. The molecule has 1 amide bonds. The highest BCUT2D eigenvalue weighted by Crippen LogP contribution is 2.36. The number of benzene rings is 2. The standard InChI is InChI=1S/C20H12Cl2N2O3S/c21-14-2-1-3-15(22)18(14)16-9-8-13(27-16)10-17-19(26)24-20(28-17)23-11-4-6-12(25)7-5-11/h1-10,25H,(H,23,24,26). The predicted octanol–water partition coefficient (Wildman–Crippen LogP) is 5.85. The molecule has 2 aromatic carbocycles. The number of nitrogens with zero attached hydrogens (tertiary/aromatic N) is 1. The van der Waals surface area contributed by atoms with E-state index in [0.29, 0.717) is 42.9 Å². The number of hydrogen-bond donors (Lipinski definition) is 2. The van der Waals surface area contributed by atoms with Crippen molar-refractivity contribution in [2.24, 2.45) is 4.99 Å². The molecule has 0 spiro atoms. The third kappa shape index (κ3) is 3.94. The van der Waals surface area contributed by atoms with Crippen molar-refractivity contribution in [2.45, 2.75) is 0 Å². The van der Waals surface area contributed by atoms with Crippen molar-refractivity contribution in [2.75, 3.05) is 0 Å². The second-order valence-electron chi connectivity index (χ2n) is 5.80. The Bertz CT molecular complexity index is 1100. The topological polar surface area (TPSA) is 74.8 Å². The van der Waals surface area contributed by atoms with Crippen LogP contribution in [-0.4, -0.2) is 16.2 Å². The van der Waals surface area contributed by atoms with Gasteiger partial charge in [0.05, 0.1) is 26.2 Å². The lowest BCUT2D eigenvalue weighted by molar-refractivity contribution is -0.115. The lowest BCUT2D eigenvalue weighted by atomic mass is 10.2. The summed E-state index contributed by atoms with van der Waals surface area (Å²) in [4.78, 5) is 17.0. The van der Waals surface area contributed by atoms with Gasteiger partial charge in [-0.25, -0.2) is 4.99 Å². The number of rotatable bonds is 3. The SMILES string of the molecule is O=C1NC(=Nc2ccc(O)cc2)SC1=Cc1ccc(-c2c(Cl)cccc2Cl)o1. The van der Waals surface area contributed by atoms with Crippen molar-refractivity contribution in [3.63, 3.8) is 0 Å². The number of thioether (sulfide) groups is 1. The van der Waals surface area contributed by atoms with E-state index in [4.69, 9.17) is 27.6 Å². The minimum Gasteiger partial charge on any atom is -0.508 e. The first-order valence-electron chi connectivity index (χ1n) is 8.12. The Morgan fingerprint density at radius 3 is 2.46 bits per heavy atom. The quantitative estimate of drug-likeness (QED) is 0.510. The monoisotopic (exact) mass is 430 g/mol. The van der Waals surface area contributed by atoms with Gasteiger partial charge < -0.3 is 14.8 Å². The summed E-state index contributed by atoms with van der Waals surface area (Å²) in [6, 6.07) is 15.1. The van der Waals surface area contributed by atoms with Crippen molar-refractivity contribution < 1.29 is 14.3 Å². The fourth-order valence-corrected chi connectivity index (χ4v) is 3.96. The van der Waals surface area contributed by atoms with Crippen LogP contribution in [0.25, 0.3) is 17.4 Å². The van der Waals surface area contributed by atoms with Gasteiger partial charge in [-0.2, -0.15) is 0 Å². The van der Waals surface area contributed by atoms with Crippen molar-refractivity contribution in [3.05, 3.63) is 75.3 Å². The minimum atomic E-state index is -0.267. The van der Waals surface area contributed by atoms with E-state index < -0.39 is 0 Å². The van der Waals surface area contributed by atoms with Crippen LogP contribution in [0.4, 0.5) is 5.69 Å². The molecule has 1 aliphatic heterocycles. The molecule has 0 radical (unpaired) electrons. The first-order valence-corrected chi connectivity index (χ1v) is 9.70. The van der Waals surface area contributed by atoms with Gasteiger partial charge in [0.15, 0.2) is 5.17 Å². The molecule has 8 heteroatoms. The van der Waals surface area contributed by atoms with E-state index in [9.17, 15) is 9.90 Å². The maximum atomic E-state index is 12.2. The Labute approximate surface area is 174 Å². The Hall–Kier alpha value is -2.67. The molecular formula is C20H12Cl2N2O3S. The molecule has 1 aliphatic rings. The molecule has 28 heavy (non-hydrogen) atoms. The molecule has 0 aliphatic carbocycles. The number of furan rings is 1. The highest BCUT2D eigenvalue weighted by molar-refractivity contribution is 8.18. The van der Waals surface area contributed by atoms with Crippen LogP contribution in [0.3, 0.4) is 0 Å². The Kier molecular flexibility index (Phi) is 5.17. The summed E-state index contributed by atoms with van der Waals surface area (Å²) in [6.45, 7) is 0. The van der Waals surface area contributed by atoms with E-state index in [1.807, 2.05) is 0 Å². The number of amidine groups is 1. The number of aliphatic imine (C=N–C) groups is 1. The summed E-state index contributed by atoms with van der Waals surface area (Å²) in [7, 11) is 0. The molecule has 0 unspecified atom stereocenters. The zero-order chi connectivity index (χ0) is 19.7. The van der Waals surface area contributed by atoms with Crippen molar-refractivity contribution in [1.29, 1.82) is 0 Å². The number of carbonyl (C=O) groups is 1. The number of carbonyl (C=O) groups excluding carboxylic acids is 1. The van der Waals surface area contributed by atoms with Gasteiger partial charge in [-0.1, -0.05) is 29.3 Å². The van der Waals surface area contributed by atoms with Gasteiger partial charge in [0, 0.05) is 6.08 Å². The summed E-state index contributed by atoms with van der Waals surface area (Å²) in [5.74, 6) is 0.898. The summed E-state index contributed by atoms with van der Waals surface area (Å²) < 4.78 is 5.80. The fourth-order valence-electron chi connectivity index (χ4n) is 2.55. The Morgan fingerprint density at radius 2 is 1.75 bits per heavy atom. The molecule has 3 aromatic rings. The van der Waals surface area contributed by atoms with Gasteiger partial charge in [0.25, 0.3) is 5.91 Å². The zero-order valence-corrected chi connectivity index (χ0v) is 16.5. The third-order valence-corrected chi connectivity index (χ3v) is 5.38. The number of phenols is 1. The number of nitrogens with one attached hydrogen (secondary N) is 1. The van der Waals surface area contributed by atoms with E-state index in [1.165, 1.54) is 23.9 Å². The van der Waals surface area contributed by atoms with E-state index in [2.05, 4.69) is 10.3 Å². The molecule has 0 atom stereocenters. The van der Waals surface area contributed by atoms with Crippen LogP contribution in [0, 0.1) is 0 Å². The molecule has 2 heterocycles. The summed E-state index contributed by atoms with van der Waals surface area (Å²) >= 11 is 13.6. The van der Waals surface area contributed by atoms with Gasteiger partial charge in [-0.3, -0.25) is 4.79 Å². The molecule has 0 saturated carbocycles. The first kappa shape index (κ1) is 18.7. The van der Waals surface area contributed by atoms with Crippen molar-refractivity contribution in [1.82, 2.24) is 5.32 Å². The van der Waals surface area contributed by atoms with Gasteiger partial charge >= 0.3 is 0 Å². The number of phenolic OH excluding ortho intramolecular Hbond substituents is 1. The molecule has 2 N–H and O–H groups in total. The summed E-state index contributed by atoms with van der Waals surface area (Å²) in [5.41, 5.74) is 1.23. The van der Waals surface area contributed by atoms with Crippen LogP contribution in [0.15, 0.2) is 68.9 Å². The van der Waals surface area contributed by atoms with Crippen LogP contribution in [-0.2, 0) is 4.79 Å². The Balaban J connectivity index is 1.57. The Morgan fingerprint density at radius 1 is 1.04 bits per heavy atom. The highest BCUT2D eigenvalue weighted by atomic mass is 35.5. The van der Waals surface area contributed by atoms with E-state index in [-0.39, 0.29) is 11.7 Å². The zero-order valence-electron chi connectivity index (χ0n) is 14.1.